The monoisotopic (exact) mass is 342 g/mol. The zero-order valence-electron chi connectivity index (χ0n) is 13.7. The van der Waals surface area contributed by atoms with E-state index in [9.17, 15) is 14.0 Å². The van der Waals surface area contributed by atoms with Crippen molar-refractivity contribution in [1.29, 1.82) is 5.26 Å². The van der Waals surface area contributed by atoms with E-state index in [2.05, 4.69) is 0 Å². The summed E-state index contributed by atoms with van der Waals surface area (Å²) in [6, 6.07) is 5.92. The standard InChI is InChI=1S/C18H15FN2O4/c1-24-17(22)15-5-3-4-8-21(16(15)18(23)25-2)14-10-12(6-7-20)9-13(19)11-14/h3-5,8-11H,6H2,1-2H3. The summed E-state index contributed by atoms with van der Waals surface area (Å²) in [5, 5.41) is 8.83. The van der Waals surface area contributed by atoms with Crippen LogP contribution in [0.15, 0.2) is 53.9 Å². The van der Waals surface area contributed by atoms with Crippen LogP contribution in [0, 0.1) is 17.1 Å². The van der Waals surface area contributed by atoms with Gasteiger partial charge in [0, 0.05) is 11.9 Å². The van der Waals surface area contributed by atoms with Crippen LogP contribution in [0.1, 0.15) is 5.56 Å². The van der Waals surface area contributed by atoms with Crippen LogP contribution in [0.4, 0.5) is 10.1 Å². The molecule has 0 bridgehead atoms. The highest BCUT2D eigenvalue weighted by atomic mass is 19.1. The zero-order chi connectivity index (χ0) is 18.4. The van der Waals surface area contributed by atoms with Crippen molar-refractivity contribution in [3.05, 3.63) is 65.3 Å². The Bertz CT molecular complexity index is 834. The second kappa shape index (κ2) is 7.93. The van der Waals surface area contributed by atoms with Gasteiger partial charge in [-0.15, -0.1) is 0 Å². The van der Waals surface area contributed by atoms with Gasteiger partial charge in [-0.3, -0.25) is 0 Å². The maximum absolute atomic E-state index is 13.9. The molecule has 0 N–H and O–H groups in total. The van der Waals surface area contributed by atoms with Crippen LogP contribution in [-0.4, -0.2) is 26.2 Å². The Balaban J connectivity index is 2.67. The van der Waals surface area contributed by atoms with Gasteiger partial charge in [0.25, 0.3) is 0 Å². The van der Waals surface area contributed by atoms with Crippen LogP contribution in [0.5, 0.6) is 0 Å². The number of hydrogen-bond acceptors (Lipinski definition) is 6. The molecule has 1 aromatic rings. The molecule has 0 aliphatic carbocycles. The van der Waals surface area contributed by atoms with Crippen molar-refractivity contribution >= 4 is 17.6 Å². The van der Waals surface area contributed by atoms with Gasteiger partial charge in [0.1, 0.15) is 11.5 Å². The highest BCUT2D eigenvalue weighted by Gasteiger charge is 2.27. The van der Waals surface area contributed by atoms with E-state index in [4.69, 9.17) is 14.7 Å². The summed E-state index contributed by atoms with van der Waals surface area (Å²) in [4.78, 5) is 25.7. The number of hydrogen-bond donors (Lipinski definition) is 0. The Labute approximate surface area is 144 Å². The predicted octanol–water partition coefficient (Wildman–Crippen LogP) is 2.38. The normalized spacial score (nSPS) is 13.3. The van der Waals surface area contributed by atoms with Gasteiger partial charge in [-0.05, 0) is 35.9 Å². The minimum Gasteiger partial charge on any atom is -0.465 e. The minimum absolute atomic E-state index is 0.00168. The number of nitrogens with zero attached hydrogens (tertiary/aromatic N) is 2. The molecule has 0 fully saturated rings. The topological polar surface area (TPSA) is 79.6 Å². The molecule has 6 nitrogen and oxygen atoms in total. The van der Waals surface area contributed by atoms with Crippen LogP contribution in [0.3, 0.4) is 0 Å². The Morgan fingerprint density at radius 2 is 1.88 bits per heavy atom. The predicted molar refractivity (Wildman–Crippen MR) is 87.5 cm³/mol. The average molecular weight is 342 g/mol. The van der Waals surface area contributed by atoms with Gasteiger partial charge in [0.15, 0.2) is 0 Å². The SMILES string of the molecule is COC(=O)C1=C(C(=O)OC)N(c2cc(F)cc(CC#N)c2)C=CC=C1. The number of nitriles is 1. The second-order valence-electron chi connectivity index (χ2n) is 4.97. The lowest BCUT2D eigenvalue weighted by atomic mass is 10.1. The van der Waals surface area contributed by atoms with E-state index in [0.29, 0.717) is 5.56 Å². The molecule has 1 aliphatic heterocycles. The summed E-state index contributed by atoms with van der Waals surface area (Å²) in [5.74, 6) is -2.10. The molecule has 1 aromatic carbocycles. The van der Waals surface area contributed by atoms with Crippen LogP contribution >= 0.6 is 0 Å². The van der Waals surface area contributed by atoms with E-state index in [0.717, 1.165) is 0 Å². The molecule has 2 rings (SSSR count). The smallest absolute Gasteiger partial charge is 0.355 e. The maximum atomic E-state index is 13.9. The van der Waals surface area contributed by atoms with Crippen LogP contribution in [0.2, 0.25) is 0 Å². The third-order valence-corrected chi connectivity index (χ3v) is 3.39. The molecule has 7 heteroatoms. The largest absolute Gasteiger partial charge is 0.465 e. The fourth-order valence-electron chi connectivity index (χ4n) is 2.33. The molecule has 25 heavy (non-hydrogen) atoms. The molecule has 128 valence electrons. The van der Waals surface area contributed by atoms with Crippen molar-refractivity contribution in [3.63, 3.8) is 0 Å². The van der Waals surface area contributed by atoms with E-state index in [-0.39, 0.29) is 23.4 Å². The summed E-state index contributed by atoms with van der Waals surface area (Å²) >= 11 is 0. The number of anilines is 1. The van der Waals surface area contributed by atoms with Gasteiger partial charge in [-0.2, -0.15) is 5.26 Å². The summed E-state index contributed by atoms with van der Waals surface area (Å²) in [6.07, 6.45) is 6.02. The van der Waals surface area contributed by atoms with Crippen molar-refractivity contribution in [2.45, 2.75) is 6.42 Å². The minimum atomic E-state index is -0.789. The summed E-state index contributed by atoms with van der Waals surface area (Å²) < 4.78 is 23.4. The van der Waals surface area contributed by atoms with Gasteiger partial charge in [0.2, 0.25) is 0 Å². The Hall–Kier alpha value is -3.40. The number of halogens is 1. The number of carbonyl (C=O) groups excluding carboxylic acids is 2. The van der Waals surface area contributed by atoms with Crippen LogP contribution < -0.4 is 4.90 Å². The molecular weight excluding hydrogens is 327 g/mol. The number of methoxy groups -OCH3 is 2. The first-order valence-electron chi connectivity index (χ1n) is 7.23. The molecule has 1 aliphatic rings. The molecule has 0 saturated heterocycles. The van der Waals surface area contributed by atoms with Gasteiger partial charge >= 0.3 is 11.9 Å². The van der Waals surface area contributed by atoms with E-state index >= 15 is 0 Å². The fraction of sp³-hybridized carbons (Fsp3) is 0.167. The quantitative estimate of drug-likeness (QED) is 0.782. The molecule has 1 heterocycles. The zero-order valence-corrected chi connectivity index (χ0v) is 13.7. The van der Waals surface area contributed by atoms with Crippen molar-refractivity contribution in [2.24, 2.45) is 0 Å². The third kappa shape index (κ3) is 3.93. The lowest BCUT2D eigenvalue weighted by Crippen LogP contribution is -2.27. The van der Waals surface area contributed by atoms with Gasteiger partial charge < -0.3 is 14.4 Å². The average Bonchev–Trinajstić information content (AvgIpc) is 2.83. The molecule has 0 radical (unpaired) electrons. The van der Waals surface area contributed by atoms with E-state index in [1.807, 2.05) is 6.07 Å². The third-order valence-electron chi connectivity index (χ3n) is 3.39. The lowest BCUT2D eigenvalue weighted by Gasteiger charge is -2.23. The number of benzene rings is 1. The summed E-state index contributed by atoms with van der Waals surface area (Å²) in [7, 11) is 2.36. The van der Waals surface area contributed by atoms with Gasteiger partial charge in [-0.25, -0.2) is 14.0 Å². The molecular formula is C18H15FN2O4. The van der Waals surface area contributed by atoms with Crippen molar-refractivity contribution in [2.75, 3.05) is 19.1 Å². The Morgan fingerprint density at radius 1 is 1.16 bits per heavy atom. The van der Waals surface area contributed by atoms with Crippen molar-refractivity contribution in [1.82, 2.24) is 0 Å². The Kier molecular flexibility index (Phi) is 5.69. The first kappa shape index (κ1) is 17.9. The van der Waals surface area contributed by atoms with E-state index in [1.54, 1.807) is 18.2 Å². The van der Waals surface area contributed by atoms with Gasteiger partial charge in [-0.1, -0.05) is 6.08 Å². The molecule has 0 spiro atoms. The number of esters is 2. The number of allylic oxidation sites excluding steroid dienone is 2. The first-order valence-corrected chi connectivity index (χ1v) is 7.23. The summed E-state index contributed by atoms with van der Waals surface area (Å²) in [5.41, 5.74) is 0.553. The van der Waals surface area contributed by atoms with Crippen molar-refractivity contribution in [3.8, 4) is 6.07 Å². The number of rotatable bonds is 4. The van der Waals surface area contributed by atoms with Crippen LogP contribution in [0.25, 0.3) is 0 Å². The molecule has 0 atom stereocenters. The highest BCUT2D eigenvalue weighted by molar-refractivity contribution is 6.05. The molecule has 0 saturated carbocycles. The number of ether oxygens (including phenoxy) is 2. The molecule has 0 aromatic heterocycles. The van der Waals surface area contributed by atoms with E-state index in [1.165, 1.54) is 43.5 Å². The first-order chi connectivity index (χ1) is 12.0. The fourth-order valence-corrected chi connectivity index (χ4v) is 2.33. The van der Waals surface area contributed by atoms with Gasteiger partial charge in [0.05, 0.1) is 32.3 Å². The maximum Gasteiger partial charge on any atom is 0.355 e. The van der Waals surface area contributed by atoms with E-state index < -0.39 is 17.8 Å². The van der Waals surface area contributed by atoms with Crippen molar-refractivity contribution < 1.29 is 23.5 Å². The molecule has 0 unspecified atom stereocenters. The second-order valence-corrected chi connectivity index (χ2v) is 4.97. The number of carbonyl (C=O) groups is 2. The highest BCUT2D eigenvalue weighted by Crippen LogP contribution is 2.28. The van der Waals surface area contributed by atoms with Crippen LogP contribution in [-0.2, 0) is 25.5 Å². The lowest BCUT2D eigenvalue weighted by molar-refractivity contribution is -0.139. The molecule has 0 amide bonds. The summed E-state index contributed by atoms with van der Waals surface area (Å²) in [6.45, 7) is 0. The Morgan fingerprint density at radius 3 is 2.52 bits per heavy atom.